The number of nitrogens with zero attached hydrogens (tertiary/aromatic N) is 1. The third kappa shape index (κ3) is 3.01. The predicted octanol–water partition coefficient (Wildman–Crippen LogP) is 2.43. The van der Waals surface area contributed by atoms with Crippen LogP contribution < -0.4 is 0 Å². The largest absolute Gasteiger partial charge is 0.481 e. The van der Waals surface area contributed by atoms with E-state index in [2.05, 4.69) is 0 Å². The van der Waals surface area contributed by atoms with Gasteiger partial charge in [0.25, 0.3) is 5.91 Å². The van der Waals surface area contributed by atoms with Crippen LogP contribution in [0.2, 0.25) is 0 Å². The van der Waals surface area contributed by atoms with Crippen molar-refractivity contribution in [2.24, 2.45) is 5.92 Å². The first kappa shape index (κ1) is 15.3. The number of halogens is 3. The molecule has 0 spiro atoms. The maximum absolute atomic E-state index is 13.6. The normalized spacial score (nSPS) is 22.2. The third-order valence-corrected chi connectivity index (χ3v) is 3.71. The van der Waals surface area contributed by atoms with Gasteiger partial charge in [0, 0.05) is 24.7 Å². The molecule has 1 aliphatic heterocycles. The lowest BCUT2D eigenvalue weighted by Crippen LogP contribution is -2.46. The van der Waals surface area contributed by atoms with Crippen molar-refractivity contribution in [3.8, 4) is 0 Å². The number of carboxylic acids is 1. The molecule has 1 fully saturated rings. The van der Waals surface area contributed by atoms with E-state index in [1.807, 2.05) is 0 Å². The highest BCUT2D eigenvalue weighted by molar-refractivity contribution is 5.95. The number of carboxylic acid groups (broad SMARTS) is 1. The molecule has 0 aromatic heterocycles. The highest BCUT2D eigenvalue weighted by Crippen LogP contribution is 2.26. The Morgan fingerprint density at radius 2 is 1.81 bits per heavy atom. The number of carbonyl (C=O) groups is 2. The fourth-order valence-corrected chi connectivity index (χ4v) is 2.59. The van der Waals surface area contributed by atoms with Crippen molar-refractivity contribution in [2.45, 2.75) is 25.8 Å². The molecule has 1 aliphatic rings. The van der Waals surface area contributed by atoms with Gasteiger partial charge in [0.15, 0.2) is 0 Å². The number of aliphatic carboxylic acids is 1. The molecule has 7 heteroatoms. The summed E-state index contributed by atoms with van der Waals surface area (Å²) in [6, 6.07) is 0.437. The van der Waals surface area contributed by atoms with E-state index in [0.29, 0.717) is 12.1 Å². The van der Waals surface area contributed by atoms with Gasteiger partial charge >= 0.3 is 5.97 Å². The van der Waals surface area contributed by atoms with Crippen LogP contribution in [0.1, 0.15) is 30.1 Å². The van der Waals surface area contributed by atoms with Gasteiger partial charge in [0.1, 0.15) is 23.0 Å². The summed E-state index contributed by atoms with van der Waals surface area (Å²) in [6.07, 6.45) is 0.432. The molecule has 4 nitrogen and oxygen atoms in total. The molecule has 0 saturated carbocycles. The van der Waals surface area contributed by atoms with E-state index in [-0.39, 0.29) is 19.4 Å². The van der Waals surface area contributed by atoms with Gasteiger partial charge in [-0.2, -0.15) is 0 Å². The number of rotatable bonds is 2. The Labute approximate surface area is 119 Å². The van der Waals surface area contributed by atoms with Gasteiger partial charge in [-0.05, 0) is 19.8 Å². The topological polar surface area (TPSA) is 57.6 Å². The fraction of sp³-hybridized carbons (Fsp3) is 0.429. The maximum atomic E-state index is 13.6. The highest BCUT2D eigenvalue weighted by atomic mass is 19.1. The molecule has 2 unspecified atom stereocenters. The van der Waals surface area contributed by atoms with Crippen molar-refractivity contribution in [2.75, 3.05) is 6.54 Å². The van der Waals surface area contributed by atoms with Crippen LogP contribution in [-0.2, 0) is 4.79 Å². The molecule has 1 heterocycles. The SMILES string of the molecule is CC1CC(C(=O)O)CCN1C(=O)c1c(F)cc(F)cc1F. The minimum absolute atomic E-state index is 0.0905. The van der Waals surface area contributed by atoms with Crippen LogP contribution in [-0.4, -0.2) is 34.5 Å². The number of hydrogen-bond acceptors (Lipinski definition) is 2. The van der Waals surface area contributed by atoms with Crippen LogP contribution in [0.15, 0.2) is 12.1 Å². The summed E-state index contributed by atoms with van der Waals surface area (Å²) in [4.78, 5) is 24.4. The molecular weight excluding hydrogens is 287 g/mol. The van der Waals surface area contributed by atoms with Gasteiger partial charge in [0.05, 0.1) is 5.92 Å². The first-order valence-corrected chi connectivity index (χ1v) is 6.49. The first-order valence-electron chi connectivity index (χ1n) is 6.49. The summed E-state index contributed by atoms with van der Waals surface area (Å²) >= 11 is 0. The predicted molar refractivity (Wildman–Crippen MR) is 67.2 cm³/mol. The lowest BCUT2D eigenvalue weighted by Gasteiger charge is -2.36. The van der Waals surface area contributed by atoms with E-state index in [1.54, 1.807) is 6.92 Å². The molecule has 21 heavy (non-hydrogen) atoms. The number of carbonyl (C=O) groups excluding carboxylic acids is 1. The zero-order valence-electron chi connectivity index (χ0n) is 11.3. The Kier molecular flexibility index (Phi) is 4.20. The number of piperidine rings is 1. The zero-order chi connectivity index (χ0) is 15.7. The minimum Gasteiger partial charge on any atom is -0.481 e. The average molecular weight is 301 g/mol. The Morgan fingerprint density at radius 3 is 2.29 bits per heavy atom. The van der Waals surface area contributed by atoms with Crippen molar-refractivity contribution in [1.82, 2.24) is 4.90 Å². The van der Waals surface area contributed by atoms with E-state index in [0.717, 1.165) is 0 Å². The maximum Gasteiger partial charge on any atom is 0.306 e. The molecule has 1 amide bonds. The van der Waals surface area contributed by atoms with Gasteiger partial charge in [-0.3, -0.25) is 9.59 Å². The zero-order valence-corrected chi connectivity index (χ0v) is 11.3. The summed E-state index contributed by atoms with van der Waals surface area (Å²) in [6.45, 7) is 1.71. The Bertz CT molecular complexity index is 568. The van der Waals surface area contributed by atoms with E-state index >= 15 is 0 Å². The van der Waals surface area contributed by atoms with Crippen molar-refractivity contribution in [3.63, 3.8) is 0 Å². The number of benzene rings is 1. The van der Waals surface area contributed by atoms with E-state index in [9.17, 15) is 22.8 Å². The molecule has 114 valence electrons. The van der Waals surface area contributed by atoms with Crippen molar-refractivity contribution >= 4 is 11.9 Å². The number of likely N-dealkylation sites (tertiary alicyclic amines) is 1. The Morgan fingerprint density at radius 1 is 1.24 bits per heavy atom. The van der Waals surface area contributed by atoms with Gasteiger partial charge < -0.3 is 10.0 Å². The van der Waals surface area contributed by atoms with Crippen LogP contribution in [0.3, 0.4) is 0 Å². The molecule has 1 aromatic carbocycles. The molecule has 0 aliphatic carbocycles. The Hall–Kier alpha value is -2.05. The van der Waals surface area contributed by atoms with Crippen molar-refractivity contribution in [1.29, 1.82) is 0 Å². The molecule has 2 atom stereocenters. The summed E-state index contributed by atoms with van der Waals surface area (Å²) in [7, 11) is 0. The first-order chi connectivity index (χ1) is 9.81. The highest BCUT2D eigenvalue weighted by Gasteiger charge is 2.34. The summed E-state index contributed by atoms with van der Waals surface area (Å²) in [5.74, 6) is -6.03. The molecule has 0 radical (unpaired) electrons. The Balaban J connectivity index is 2.24. The second-order valence-corrected chi connectivity index (χ2v) is 5.15. The quantitative estimate of drug-likeness (QED) is 0.912. The van der Waals surface area contributed by atoms with Crippen LogP contribution in [0.5, 0.6) is 0 Å². The van der Waals surface area contributed by atoms with Gasteiger partial charge in [0.2, 0.25) is 0 Å². The molecule has 2 rings (SSSR count). The monoisotopic (exact) mass is 301 g/mol. The van der Waals surface area contributed by atoms with Gasteiger partial charge in [-0.25, -0.2) is 13.2 Å². The summed E-state index contributed by atoms with van der Waals surface area (Å²) < 4.78 is 40.1. The molecule has 1 aromatic rings. The summed E-state index contributed by atoms with van der Waals surface area (Å²) in [5, 5.41) is 8.95. The lowest BCUT2D eigenvalue weighted by molar-refractivity contribution is -0.143. The molecular formula is C14H14F3NO3. The second kappa shape index (κ2) is 5.75. The summed E-state index contributed by atoms with van der Waals surface area (Å²) in [5.41, 5.74) is -0.808. The third-order valence-electron chi connectivity index (χ3n) is 3.71. The smallest absolute Gasteiger partial charge is 0.306 e. The fourth-order valence-electron chi connectivity index (χ4n) is 2.59. The average Bonchev–Trinajstić information content (AvgIpc) is 2.36. The van der Waals surface area contributed by atoms with Gasteiger partial charge in [-0.15, -0.1) is 0 Å². The lowest BCUT2D eigenvalue weighted by atomic mass is 9.91. The van der Waals surface area contributed by atoms with Crippen LogP contribution in [0, 0.1) is 23.4 Å². The van der Waals surface area contributed by atoms with Gasteiger partial charge in [-0.1, -0.05) is 0 Å². The van der Waals surface area contributed by atoms with Crippen molar-refractivity contribution < 1.29 is 27.9 Å². The number of hydrogen-bond donors (Lipinski definition) is 1. The van der Waals surface area contributed by atoms with E-state index < -0.39 is 46.9 Å². The van der Waals surface area contributed by atoms with Crippen molar-refractivity contribution in [3.05, 3.63) is 35.1 Å². The molecule has 1 N–H and O–H groups in total. The van der Waals surface area contributed by atoms with Crippen LogP contribution >= 0.6 is 0 Å². The molecule has 1 saturated heterocycles. The molecule has 0 bridgehead atoms. The number of amides is 1. The van der Waals surface area contributed by atoms with E-state index in [4.69, 9.17) is 5.11 Å². The van der Waals surface area contributed by atoms with Crippen LogP contribution in [0.25, 0.3) is 0 Å². The minimum atomic E-state index is -1.26. The second-order valence-electron chi connectivity index (χ2n) is 5.15. The standard InChI is InChI=1S/C14H14F3NO3/c1-7-4-8(14(20)21)2-3-18(7)13(19)12-10(16)5-9(15)6-11(12)17/h5-8H,2-4H2,1H3,(H,20,21). The van der Waals surface area contributed by atoms with Crippen LogP contribution in [0.4, 0.5) is 13.2 Å². The van der Waals surface area contributed by atoms with E-state index in [1.165, 1.54) is 4.90 Å².